The highest BCUT2D eigenvalue weighted by Crippen LogP contribution is 2.30. The van der Waals surface area contributed by atoms with Crippen LogP contribution in [0.3, 0.4) is 0 Å². The van der Waals surface area contributed by atoms with Crippen LogP contribution in [0.15, 0.2) is 15.9 Å². The van der Waals surface area contributed by atoms with Gasteiger partial charge >= 0.3 is 0 Å². The van der Waals surface area contributed by atoms with Crippen molar-refractivity contribution >= 4 is 33.0 Å². The standard InChI is InChI=1S/C10H13BrO2S/c1-3-4-7(12)10(13-2)8-5-6-9(11)14-8/h5-6,10H,3-4H2,1-2H3. The first kappa shape index (κ1) is 11.9. The second kappa shape index (κ2) is 5.63. The summed E-state index contributed by atoms with van der Waals surface area (Å²) in [6, 6.07) is 3.86. The molecule has 1 unspecified atom stereocenters. The lowest BCUT2D eigenvalue weighted by Gasteiger charge is -2.11. The SMILES string of the molecule is CCCC(=O)C(OC)c1ccc(Br)s1. The number of hydrogen-bond donors (Lipinski definition) is 0. The minimum atomic E-state index is -0.383. The lowest BCUT2D eigenvalue weighted by Crippen LogP contribution is -2.12. The van der Waals surface area contributed by atoms with E-state index in [0.717, 1.165) is 15.1 Å². The van der Waals surface area contributed by atoms with Crippen LogP contribution in [-0.2, 0) is 9.53 Å². The number of rotatable bonds is 5. The molecule has 1 aromatic rings. The molecule has 0 aromatic carbocycles. The number of hydrogen-bond acceptors (Lipinski definition) is 3. The number of ketones is 1. The van der Waals surface area contributed by atoms with Crippen molar-refractivity contribution < 1.29 is 9.53 Å². The van der Waals surface area contributed by atoms with Crippen LogP contribution in [0.25, 0.3) is 0 Å². The second-order valence-corrected chi connectivity index (χ2v) is 5.47. The number of halogens is 1. The Morgan fingerprint density at radius 1 is 1.64 bits per heavy atom. The van der Waals surface area contributed by atoms with E-state index in [9.17, 15) is 4.79 Å². The van der Waals surface area contributed by atoms with E-state index in [0.29, 0.717) is 6.42 Å². The Hall–Kier alpha value is -0.190. The average Bonchev–Trinajstić information content (AvgIpc) is 2.54. The third-order valence-corrected chi connectivity index (χ3v) is 3.54. The van der Waals surface area contributed by atoms with Crippen LogP contribution in [0.4, 0.5) is 0 Å². The van der Waals surface area contributed by atoms with Gasteiger partial charge in [0.25, 0.3) is 0 Å². The molecule has 0 N–H and O–H groups in total. The van der Waals surface area contributed by atoms with Gasteiger partial charge in [-0.15, -0.1) is 11.3 Å². The smallest absolute Gasteiger partial charge is 0.166 e. The topological polar surface area (TPSA) is 26.3 Å². The Morgan fingerprint density at radius 2 is 2.36 bits per heavy atom. The number of carbonyl (C=O) groups excluding carboxylic acids is 1. The molecule has 1 atom stereocenters. The molecule has 1 aromatic heterocycles. The zero-order valence-corrected chi connectivity index (χ0v) is 10.7. The van der Waals surface area contributed by atoms with Gasteiger partial charge in [0.15, 0.2) is 5.78 Å². The molecule has 0 radical (unpaired) electrons. The first-order valence-corrected chi connectivity index (χ1v) is 6.10. The van der Waals surface area contributed by atoms with Crippen LogP contribution < -0.4 is 0 Å². The molecule has 4 heteroatoms. The highest BCUT2D eigenvalue weighted by atomic mass is 79.9. The summed E-state index contributed by atoms with van der Waals surface area (Å²) in [5, 5.41) is 0. The first-order valence-electron chi connectivity index (χ1n) is 4.49. The summed E-state index contributed by atoms with van der Waals surface area (Å²) in [6.07, 6.45) is 1.06. The van der Waals surface area contributed by atoms with Gasteiger partial charge < -0.3 is 4.74 Å². The number of thiophene rings is 1. The average molecular weight is 277 g/mol. The maximum absolute atomic E-state index is 11.7. The van der Waals surface area contributed by atoms with Crippen LogP contribution in [0.1, 0.15) is 30.7 Å². The lowest BCUT2D eigenvalue weighted by molar-refractivity contribution is -0.129. The third kappa shape index (κ3) is 2.90. The van der Waals surface area contributed by atoms with Gasteiger partial charge in [-0.25, -0.2) is 0 Å². The molecule has 0 saturated carbocycles. The second-order valence-electron chi connectivity index (χ2n) is 2.97. The minimum absolute atomic E-state index is 0.157. The molecule has 78 valence electrons. The molecular weight excluding hydrogens is 264 g/mol. The van der Waals surface area contributed by atoms with Crippen molar-refractivity contribution in [2.75, 3.05) is 7.11 Å². The quantitative estimate of drug-likeness (QED) is 0.822. The summed E-state index contributed by atoms with van der Waals surface area (Å²) in [5.41, 5.74) is 0. The summed E-state index contributed by atoms with van der Waals surface area (Å²) in [5.74, 6) is 0.157. The summed E-state index contributed by atoms with van der Waals surface area (Å²) >= 11 is 4.91. The molecule has 0 aliphatic rings. The van der Waals surface area contributed by atoms with Crippen molar-refractivity contribution in [1.29, 1.82) is 0 Å². The fourth-order valence-corrected chi connectivity index (χ4v) is 2.78. The molecule has 0 amide bonds. The number of ether oxygens (including phenoxy) is 1. The van der Waals surface area contributed by atoms with Gasteiger partial charge in [0.2, 0.25) is 0 Å². The van der Waals surface area contributed by atoms with E-state index >= 15 is 0 Å². The molecule has 0 saturated heterocycles. The summed E-state index contributed by atoms with van der Waals surface area (Å²) in [4.78, 5) is 12.6. The van der Waals surface area contributed by atoms with Gasteiger partial charge in [-0.3, -0.25) is 4.79 Å². The Morgan fingerprint density at radius 3 is 2.79 bits per heavy atom. The van der Waals surface area contributed by atoms with Gasteiger partial charge in [0, 0.05) is 18.4 Å². The van der Waals surface area contributed by atoms with Crippen molar-refractivity contribution in [3.8, 4) is 0 Å². The highest BCUT2D eigenvalue weighted by molar-refractivity contribution is 9.11. The van der Waals surface area contributed by atoms with E-state index < -0.39 is 0 Å². The summed E-state index contributed by atoms with van der Waals surface area (Å²) in [7, 11) is 1.58. The predicted octanol–water partition coefficient (Wildman–Crippen LogP) is 3.57. The van der Waals surface area contributed by atoms with Crippen LogP contribution in [0.5, 0.6) is 0 Å². The fraction of sp³-hybridized carbons (Fsp3) is 0.500. The molecule has 0 aliphatic carbocycles. The molecule has 14 heavy (non-hydrogen) atoms. The molecule has 2 nitrogen and oxygen atoms in total. The summed E-state index contributed by atoms with van der Waals surface area (Å²) in [6.45, 7) is 1.99. The zero-order chi connectivity index (χ0) is 10.6. The van der Waals surface area contributed by atoms with Gasteiger partial charge in [-0.2, -0.15) is 0 Å². The normalized spacial score (nSPS) is 12.8. The molecule has 0 aliphatic heterocycles. The molecule has 1 heterocycles. The maximum atomic E-state index is 11.7. The molecule has 0 bridgehead atoms. The van der Waals surface area contributed by atoms with Gasteiger partial charge in [-0.05, 0) is 34.5 Å². The van der Waals surface area contributed by atoms with Crippen LogP contribution >= 0.6 is 27.3 Å². The maximum Gasteiger partial charge on any atom is 0.166 e. The lowest BCUT2D eigenvalue weighted by atomic mass is 10.1. The predicted molar refractivity (Wildman–Crippen MR) is 61.7 cm³/mol. The van der Waals surface area contributed by atoms with Crippen molar-refractivity contribution in [2.45, 2.75) is 25.9 Å². The van der Waals surface area contributed by atoms with Gasteiger partial charge in [0.1, 0.15) is 6.10 Å². The first-order chi connectivity index (χ1) is 6.69. The Kier molecular flexibility index (Phi) is 4.78. The third-order valence-electron chi connectivity index (χ3n) is 1.88. The molecule has 1 rings (SSSR count). The Labute approximate surface area is 96.4 Å². The number of Topliss-reactive ketones (excluding diaryl/α,β-unsaturated/α-hetero) is 1. The van der Waals surface area contributed by atoms with E-state index in [4.69, 9.17) is 4.74 Å². The Bertz CT molecular complexity index is 309. The van der Waals surface area contributed by atoms with Crippen molar-refractivity contribution in [2.24, 2.45) is 0 Å². The molecule has 0 spiro atoms. The fourth-order valence-electron chi connectivity index (χ4n) is 1.25. The van der Waals surface area contributed by atoms with E-state index in [-0.39, 0.29) is 11.9 Å². The van der Waals surface area contributed by atoms with Crippen LogP contribution in [0, 0.1) is 0 Å². The largest absolute Gasteiger partial charge is 0.368 e. The van der Waals surface area contributed by atoms with E-state index in [1.165, 1.54) is 0 Å². The van der Waals surface area contributed by atoms with Crippen molar-refractivity contribution in [1.82, 2.24) is 0 Å². The number of carbonyl (C=O) groups is 1. The van der Waals surface area contributed by atoms with E-state index in [1.54, 1.807) is 18.4 Å². The van der Waals surface area contributed by atoms with E-state index in [1.807, 2.05) is 19.1 Å². The summed E-state index contributed by atoms with van der Waals surface area (Å²) < 4.78 is 6.23. The van der Waals surface area contributed by atoms with Crippen LogP contribution in [0.2, 0.25) is 0 Å². The minimum Gasteiger partial charge on any atom is -0.368 e. The van der Waals surface area contributed by atoms with Crippen molar-refractivity contribution in [3.05, 3.63) is 20.8 Å². The van der Waals surface area contributed by atoms with Gasteiger partial charge in [-0.1, -0.05) is 6.92 Å². The number of methoxy groups -OCH3 is 1. The van der Waals surface area contributed by atoms with Crippen LogP contribution in [-0.4, -0.2) is 12.9 Å². The Balaban J connectivity index is 2.76. The van der Waals surface area contributed by atoms with E-state index in [2.05, 4.69) is 15.9 Å². The van der Waals surface area contributed by atoms with Gasteiger partial charge in [0.05, 0.1) is 3.79 Å². The monoisotopic (exact) mass is 276 g/mol. The molecule has 0 fully saturated rings. The zero-order valence-electron chi connectivity index (χ0n) is 8.25. The molecular formula is C10H13BrO2S. The van der Waals surface area contributed by atoms with Crippen molar-refractivity contribution in [3.63, 3.8) is 0 Å². The highest BCUT2D eigenvalue weighted by Gasteiger charge is 2.20.